The van der Waals surface area contributed by atoms with Crippen LogP contribution in [0, 0.1) is 0 Å². The van der Waals surface area contributed by atoms with Crippen molar-refractivity contribution < 1.29 is 14.7 Å². The van der Waals surface area contributed by atoms with Crippen LogP contribution in [0.15, 0.2) is 0 Å². The van der Waals surface area contributed by atoms with Gasteiger partial charge < -0.3 is 15.3 Å². The first-order valence-corrected chi connectivity index (χ1v) is 6.47. The van der Waals surface area contributed by atoms with Gasteiger partial charge in [-0.2, -0.15) is 0 Å². The predicted octanol–water partition coefficient (Wildman–Crippen LogP) is 0.594. The zero-order valence-corrected chi connectivity index (χ0v) is 10.0. The molecule has 17 heavy (non-hydrogen) atoms. The highest BCUT2D eigenvalue weighted by atomic mass is 16.4. The standard InChI is InChI=1S/C12H20N2O3/c15-11(9-5-1-3-7-13-9)14-8-4-2-6-10(14)12(16)17/h9-10,13H,1-8H2,(H,16,17). The zero-order valence-electron chi connectivity index (χ0n) is 10.0. The molecule has 2 heterocycles. The highest BCUT2D eigenvalue weighted by molar-refractivity contribution is 5.87. The fourth-order valence-corrected chi connectivity index (χ4v) is 2.71. The number of nitrogens with one attached hydrogen (secondary N) is 1. The maximum atomic E-state index is 12.3. The second-order valence-electron chi connectivity index (χ2n) is 4.88. The van der Waals surface area contributed by atoms with Crippen molar-refractivity contribution in [2.75, 3.05) is 13.1 Å². The van der Waals surface area contributed by atoms with Crippen molar-refractivity contribution in [2.45, 2.75) is 50.6 Å². The number of aliphatic carboxylic acids is 1. The third-order valence-corrected chi connectivity index (χ3v) is 3.68. The minimum absolute atomic E-state index is 0.0169. The van der Waals surface area contributed by atoms with Gasteiger partial charge in [-0.3, -0.25) is 4.79 Å². The first kappa shape index (κ1) is 12.4. The smallest absolute Gasteiger partial charge is 0.326 e. The molecule has 2 rings (SSSR count). The van der Waals surface area contributed by atoms with E-state index >= 15 is 0 Å². The molecule has 2 unspecified atom stereocenters. The van der Waals surface area contributed by atoms with E-state index < -0.39 is 12.0 Å². The first-order chi connectivity index (χ1) is 8.20. The molecule has 0 radical (unpaired) electrons. The molecule has 0 aromatic heterocycles. The van der Waals surface area contributed by atoms with Gasteiger partial charge in [-0.15, -0.1) is 0 Å². The number of rotatable bonds is 2. The monoisotopic (exact) mass is 240 g/mol. The van der Waals surface area contributed by atoms with Crippen LogP contribution >= 0.6 is 0 Å². The average molecular weight is 240 g/mol. The van der Waals surface area contributed by atoms with Crippen LogP contribution in [0.2, 0.25) is 0 Å². The van der Waals surface area contributed by atoms with Gasteiger partial charge in [0.1, 0.15) is 6.04 Å². The number of carbonyl (C=O) groups excluding carboxylic acids is 1. The minimum Gasteiger partial charge on any atom is -0.480 e. The molecule has 0 aromatic carbocycles. The molecule has 1 amide bonds. The topological polar surface area (TPSA) is 69.6 Å². The summed E-state index contributed by atoms with van der Waals surface area (Å²) in [5.41, 5.74) is 0. The predicted molar refractivity (Wildman–Crippen MR) is 62.6 cm³/mol. The number of carboxylic acid groups (broad SMARTS) is 1. The summed E-state index contributed by atoms with van der Waals surface area (Å²) >= 11 is 0. The molecular weight excluding hydrogens is 220 g/mol. The van der Waals surface area contributed by atoms with E-state index in [1.807, 2.05) is 0 Å². The molecule has 0 aliphatic carbocycles. The summed E-state index contributed by atoms with van der Waals surface area (Å²) in [6.07, 6.45) is 5.40. The molecule has 2 aliphatic heterocycles. The van der Waals surface area contributed by atoms with Gasteiger partial charge in [0, 0.05) is 6.54 Å². The number of carbonyl (C=O) groups is 2. The first-order valence-electron chi connectivity index (χ1n) is 6.47. The summed E-state index contributed by atoms with van der Waals surface area (Å²) in [6.45, 7) is 1.45. The Balaban J connectivity index is 2.02. The number of amides is 1. The Bertz CT molecular complexity index is 300. The lowest BCUT2D eigenvalue weighted by Crippen LogP contribution is -2.55. The molecule has 5 heteroatoms. The van der Waals surface area contributed by atoms with Crippen molar-refractivity contribution in [3.8, 4) is 0 Å². The van der Waals surface area contributed by atoms with Crippen LogP contribution in [-0.2, 0) is 9.59 Å². The second-order valence-corrected chi connectivity index (χ2v) is 4.88. The van der Waals surface area contributed by atoms with Crippen LogP contribution < -0.4 is 5.32 Å². The van der Waals surface area contributed by atoms with E-state index in [1.54, 1.807) is 4.90 Å². The third kappa shape index (κ3) is 2.77. The molecule has 2 aliphatic rings. The van der Waals surface area contributed by atoms with Crippen molar-refractivity contribution in [3.63, 3.8) is 0 Å². The number of carboxylic acids is 1. The van der Waals surface area contributed by atoms with E-state index in [2.05, 4.69) is 5.32 Å². The maximum Gasteiger partial charge on any atom is 0.326 e. The molecular formula is C12H20N2O3. The fourth-order valence-electron chi connectivity index (χ4n) is 2.71. The molecule has 0 saturated carbocycles. The normalized spacial score (nSPS) is 30.0. The Hall–Kier alpha value is -1.10. The molecule has 0 bridgehead atoms. The van der Waals surface area contributed by atoms with Gasteiger partial charge in [0.15, 0.2) is 0 Å². The maximum absolute atomic E-state index is 12.3. The van der Waals surface area contributed by atoms with Crippen molar-refractivity contribution in [2.24, 2.45) is 0 Å². The molecule has 2 saturated heterocycles. The van der Waals surface area contributed by atoms with Gasteiger partial charge in [-0.05, 0) is 38.6 Å². The largest absolute Gasteiger partial charge is 0.480 e. The Morgan fingerprint density at radius 1 is 1.12 bits per heavy atom. The zero-order chi connectivity index (χ0) is 12.3. The third-order valence-electron chi connectivity index (χ3n) is 3.68. The van der Waals surface area contributed by atoms with Crippen molar-refractivity contribution in [3.05, 3.63) is 0 Å². The molecule has 0 aromatic rings. The van der Waals surface area contributed by atoms with Gasteiger partial charge in [-0.25, -0.2) is 4.79 Å². The molecule has 96 valence electrons. The van der Waals surface area contributed by atoms with E-state index in [-0.39, 0.29) is 11.9 Å². The van der Waals surface area contributed by atoms with Gasteiger partial charge in [0.25, 0.3) is 0 Å². The number of hydrogen-bond donors (Lipinski definition) is 2. The van der Waals surface area contributed by atoms with E-state index in [4.69, 9.17) is 5.11 Å². The van der Waals surface area contributed by atoms with Crippen LogP contribution in [0.25, 0.3) is 0 Å². The molecule has 5 nitrogen and oxygen atoms in total. The summed E-state index contributed by atoms with van der Waals surface area (Å²) in [4.78, 5) is 25.0. The Morgan fingerprint density at radius 3 is 2.53 bits per heavy atom. The number of piperidine rings is 2. The highest BCUT2D eigenvalue weighted by Crippen LogP contribution is 2.20. The van der Waals surface area contributed by atoms with Crippen molar-refractivity contribution in [1.29, 1.82) is 0 Å². The Kier molecular flexibility index (Phi) is 3.99. The number of hydrogen-bond acceptors (Lipinski definition) is 3. The lowest BCUT2D eigenvalue weighted by Gasteiger charge is -2.36. The van der Waals surface area contributed by atoms with Crippen LogP contribution in [0.5, 0.6) is 0 Å². The van der Waals surface area contributed by atoms with Crippen LogP contribution in [-0.4, -0.2) is 47.1 Å². The molecule has 2 atom stereocenters. The summed E-state index contributed by atoms with van der Waals surface area (Å²) in [5.74, 6) is -0.884. The highest BCUT2D eigenvalue weighted by Gasteiger charge is 2.35. The van der Waals surface area contributed by atoms with E-state index in [0.717, 1.165) is 38.6 Å². The molecule has 0 spiro atoms. The lowest BCUT2D eigenvalue weighted by atomic mass is 9.98. The van der Waals surface area contributed by atoms with Crippen molar-refractivity contribution >= 4 is 11.9 Å². The summed E-state index contributed by atoms with van der Waals surface area (Å²) in [5, 5.41) is 12.3. The quantitative estimate of drug-likeness (QED) is 0.741. The van der Waals surface area contributed by atoms with E-state index in [1.165, 1.54) is 0 Å². The Morgan fingerprint density at radius 2 is 1.88 bits per heavy atom. The van der Waals surface area contributed by atoms with Crippen molar-refractivity contribution in [1.82, 2.24) is 10.2 Å². The SMILES string of the molecule is O=C(O)C1CCCCN1C(=O)C1CCCCN1. The van der Waals surface area contributed by atoms with Crippen LogP contribution in [0.3, 0.4) is 0 Å². The second kappa shape index (κ2) is 5.49. The van der Waals surface area contributed by atoms with Gasteiger partial charge in [0.05, 0.1) is 6.04 Å². The molecule has 2 fully saturated rings. The van der Waals surface area contributed by atoms with Crippen LogP contribution in [0.1, 0.15) is 38.5 Å². The summed E-state index contributed by atoms with van der Waals surface area (Å²) in [7, 11) is 0. The van der Waals surface area contributed by atoms with Gasteiger partial charge >= 0.3 is 5.97 Å². The fraction of sp³-hybridized carbons (Fsp3) is 0.833. The van der Waals surface area contributed by atoms with E-state index in [0.29, 0.717) is 13.0 Å². The Labute approximate surface area is 101 Å². The minimum atomic E-state index is -0.867. The molecule has 2 N–H and O–H groups in total. The summed E-state index contributed by atoms with van der Waals surface area (Å²) in [6, 6.07) is -0.774. The van der Waals surface area contributed by atoms with Crippen LogP contribution in [0.4, 0.5) is 0 Å². The number of likely N-dealkylation sites (tertiary alicyclic amines) is 1. The van der Waals surface area contributed by atoms with E-state index in [9.17, 15) is 9.59 Å². The lowest BCUT2D eigenvalue weighted by molar-refractivity contribution is -0.153. The number of nitrogens with zero attached hydrogens (tertiary/aromatic N) is 1. The van der Waals surface area contributed by atoms with Gasteiger partial charge in [-0.1, -0.05) is 6.42 Å². The average Bonchev–Trinajstić information content (AvgIpc) is 2.39. The summed E-state index contributed by atoms with van der Waals surface area (Å²) < 4.78 is 0. The van der Waals surface area contributed by atoms with Gasteiger partial charge in [0.2, 0.25) is 5.91 Å².